The quantitative estimate of drug-likeness (QED) is 0.515. The molecule has 18 heavy (non-hydrogen) atoms. The summed E-state index contributed by atoms with van der Waals surface area (Å²) in [6.45, 7) is 3.66. The van der Waals surface area contributed by atoms with Gasteiger partial charge in [-0.3, -0.25) is 4.79 Å². The van der Waals surface area contributed by atoms with Gasteiger partial charge in [-0.25, -0.2) is 0 Å². The fourth-order valence-corrected chi connectivity index (χ4v) is 4.24. The van der Waals surface area contributed by atoms with Crippen LogP contribution < -0.4 is 5.32 Å². The van der Waals surface area contributed by atoms with Crippen LogP contribution in [0, 0.1) is 5.92 Å². The van der Waals surface area contributed by atoms with E-state index >= 15 is 0 Å². The summed E-state index contributed by atoms with van der Waals surface area (Å²) in [5, 5.41) is 11.5. The van der Waals surface area contributed by atoms with Gasteiger partial charge in [-0.05, 0) is 24.3 Å². The molecule has 0 radical (unpaired) electrons. The fraction of sp³-hybridized carbons (Fsp3) is 0.545. The number of carbonyl (C=O) groups excluding carboxylic acids is 1. The summed E-state index contributed by atoms with van der Waals surface area (Å²) >= 11 is 4.91. The van der Waals surface area contributed by atoms with Crippen molar-refractivity contribution in [2.75, 3.05) is 22.6 Å². The number of hydrogen-bond acceptors (Lipinski definition) is 6. The zero-order chi connectivity index (χ0) is 12.8. The van der Waals surface area contributed by atoms with Gasteiger partial charge in [0.15, 0.2) is 4.34 Å². The molecule has 0 bridgehead atoms. The standard InChI is InChI=1S/C11H15N3OS3/c1-2-5-17-11-14-13-10(18-11)12-9(15)8-3-6-16-7-4-8/h2,8H,1,3-7H2,(H,12,13,15). The van der Waals surface area contributed by atoms with Crippen LogP contribution in [0.1, 0.15) is 12.8 Å². The van der Waals surface area contributed by atoms with E-state index in [1.807, 2.05) is 17.8 Å². The van der Waals surface area contributed by atoms with Crippen LogP contribution in [0.15, 0.2) is 17.0 Å². The average Bonchev–Trinajstić information content (AvgIpc) is 2.85. The minimum absolute atomic E-state index is 0.0896. The Kier molecular flexibility index (Phi) is 5.52. The molecule has 98 valence electrons. The van der Waals surface area contributed by atoms with E-state index in [0.717, 1.165) is 34.4 Å². The number of nitrogens with zero attached hydrogens (tertiary/aromatic N) is 2. The molecule has 0 spiro atoms. The van der Waals surface area contributed by atoms with Gasteiger partial charge < -0.3 is 5.32 Å². The molecule has 1 saturated heterocycles. The maximum atomic E-state index is 12.0. The van der Waals surface area contributed by atoms with Crippen molar-refractivity contribution in [1.82, 2.24) is 10.2 Å². The lowest BCUT2D eigenvalue weighted by molar-refractivity contribution is -0.120. The van der Waals surface area contributed by atoms with E-state index in [9.17, 15) is 4.79 Å². The van der Waals surface area contributed by atoms with E-state index < -0.39 is 0 Å². The summed E-state index contributed by atoms with van der Waals surface area (Å²) in [7, 11) is 0. The van der Waals surface area contributed by atoms with Crippen LogP contribution in [0.2, 0.25) is 0 Å². The number of aromatic nitrogens is 2. The third-order valence-corrected chi connectivity index (χ3v) is 5.57. The molecule has 1 aromatic heterocycles. The number of thioether (sulfide) groups is 2. The molecule has 7 heteroatoms. The number of rotatable bonds is 5. The van der Waals surface area contributed by atoms with Crippen molar-refractivity contribution in [3.63, 3.8) is 0 Å². The van der Waals surface area contributed by atoms with E-state index in [1.165, 1.54) is 11.3 Å². The third kappa shape index (κ3) is 4.00. The fourth-order valence-electron chi connectivity index (χ4n) is 1.62. The van der Waals surface area contributed by atoms with Gasteiger partial charge >= 0.3 is 0 Å². The van der Waals surface area contributed by atoms with Crippen LogP contribution in [-0.2, 0) is 4.79 Å². The van der Waals surface area contributed by atoms with Crippen LogP contribution in [0.25, 0.3) is 0 Å². The Morgan fingerprint density at radius 3 is 3.00 bits per heavy atom. The number of nitrogens with one attached hydrogen (secondary N) is 1. The van der Waals surface area contributed by atoms with Gasteiger partial charge in [-0.1, -0.05) is 29.2 Å². The molecule has 1 amide bonds. The maximum Gasteiger partial charge on any atom is 0.229 e. The SMILES string of the molecule is C=CCSc1nnc(NC(=O)C2CCSCC2)s1. The summed E-state index contributed by atoms with van der Waals surface area (Å²) in [4.78, 5) is 12.0. The van der Waals surface area contributed by atoms with Gasteiger partial charge in [-0.2, -0.15) is 11.8 Å². The van der Waals surface area contributed by atoms with Crippen LogP contribution >= 0.6 is 34.9 Å². The van der Waals surface area contributed by atoms with Crippen molar-refractivity contribution in [2.24, 2.45) is 5.92 Å². The molecule has 0 unspecified atom stereocenters. The van der Waals surface area contributed by atoms with E-state index in [4.69, 9.17) is 0 Å². The number of amides is 1. The second-order valence-corrected chi connectivity index (χ2v) is 7.32. The second kappa shape index (κ2) is 7.16. The molecule has 1 N–H and O–H groups in total. The van der Waals surface area contributed by atoms with Crippen molar-refractivity contribution >= 4 is 45.9 Å². The van der Waals surface area contributed by atoms with Crippen molar-refractivity contribution in [2.45, 2.75) is 17.2 Å². The molecule has 4 nitrogen and oxygen atoms in total. The first-order chi connectivity index (χ1) is 8.79. The topological polar surface area (TPSA) is 54.9 Å². The van der Waals surface area contributed by atoms with E-state index in [1.54, 1.807) is 11.8 Å². The summed E-state index contributed by atoms with van der Waals surface area (Å²) in [6.07, 6.45) is 3.75. The van der Waals surface area contributed by atoms with E-state index in [0.29, 0.717) is 5.13 Å². The Bertz CT molecular complexity index is 415. The lowest BCUT2D eigenvalue weighted by Gasteiger charge is -2.19. The molecule has 2 rings (SSSR count). The Hall–Kier alpha value is -0.530. The molecule has 2 heterocycles. The number of anilines is 1. The Morgan fingerprint density at radius 2 is 2.28 bits per heavy atom. The first kappa shape index (κ1) is 13.9. The van der Waals surface area contributed by atoms with Gasteiger partial charge in [0.2, 0.25) is 11.0 Å². The highest BCUT2D eigenvalue weighted by molar-refractivity contribution is 8.01. The first-order valence-corrected chi connectivity index (χ1v) is 8.71. The second-order valence-electron chi connectivity index (χ2n) is 3.85. The van der Waals surface area contributed by atoms with Crippen molar-refractivity contribution < 1.29 is 4.79 Å². The lowest BCUT2D eigenvalue weighted by Crippen LogP contribution is -2.26. The lowest BCUT2D eigenvalue weighted by atomic mass is 10.0. The van der Waals surface area contributed by atoms with Gasteiger partial charge in [0, 0.05) is 11.7 Å². The average molecular weight is 301 g/mol. The van der Waals surface area contributed by atoms with Crippen molar-refractivity contribution in [3.05, 3.63) is 12.7 Å². The monoisotopic (exact) mass is 301 g/mol. The molecule has 0 aromatic carbocycles. The molecular weight excluding hydrogens is 286 g/mol. The van der Waals surface area contributed by atoms with E-state index in [-0.39, 0.29) is 11.8 Å². The Morgan fingerprint density at radius 1 is 1.50 bits per heavy atom. The largest absolute Gasteiger partial charge is 0.300 e. The van der Waals surface area contributed by atoms with Crippen LogP contribution in [0.4, 0.5) is 5.13 Å². The zero-order valence-electron chi connectivity index (χ0n) is 9.92. The highest BCUT2D eigenvalue weighted by atomic mass is 32.2. The van der Waals surface area contributed by atoms with Gasteiger partial charge in [0.25, 0.3) is 0 Å². The molecule has 0 atom stereocenters. The smallest absolute Gasteiger partial charge is 0.229 e. The maximum absolute atomic E-state index is 12.0. The summed E-state index contributed by atoms with van der Waals surface area (Å²) < 4.78 is 0.865. The molecule has 1 aliphatic rings. The van der Waals surface area contributed by atoms with Gasteiger partial charge in [0.05, 0.1) is 0 Å². The minimum atomic E-state index is 0.0896. The molecule has 1 aliphatic heterocycles. The molecule has 1 aromatic rings. The zero-order valence-corrected chi connectivity index (χ0v) is 12.4. The minimum Gasteiger partial charge on any atom is -0.300 e. The third-order valence-electron chi connectivity index (χ3n) is 2.55. The Balaban J connectivity index is 1.86. The van der Waals surface area contributed by atoms with Gasteiger partial charge in [0.1, 0.15) is 0 Å². The van der Waals surface area contributed by atoms with Crippen LogP contribution in [0.3, 0.4) is 0 Å². The number of carbonyl (C=O) groups is 1. The molecule has 0 aliphatic carbocycles. The molecule has 0 saturated carbocycles. The summed E-state index contributed by atoms with van der Waals surface area (Å²) in [6, 6.07) is 0. The van der Waals surface area contributed by atoms with Crippen LogP contribution in [-0.4, -0.2) is 33.4 Å². The van der Waals surface area contributed by atoms with Crippen molar-refractivity contribution in [1.29, 1.82) is 0 Å². The van der Waals surface area contributed by atoms with Crippen LogP contribution in [0.5, 0.6) is 0 Å². The van der Waals surface area contributed by atoms with E-state index in [2.05, 4.69) is 22.1 Å². The predicted octanol–water partition coefficient (Wildman–Crippen LogP) is 2.90. The highest BCUT2D eigenvalue weighted by Crippen LogP contribution is 2.27. The highest BCUT2D eigenvalue weighted by Gasteiger charge is 2.22. The first-order valence-electron chi connectivity index (χ1n) is 5.75. The van der Waals surface area contributed by atoms with Crippen molar-refractivity contribution in [3.8, 4) is 0 Å². The predicted molar refractivity (Wildman–Crippen MR) is 79.5 cm³/mol. The summed E-state index contributed by atoms with van der Waals surface area (Å²) in [5.74, 6) is 3.19. The molecular formula is C11H15N3OS3. The number of hydrogen-bond donors (Lipinski definition) is 1. The summed E-state index contributed by atoms with van der Waals surface area (Å²) in [5.41, 5.74) is 0. The molecule has 1 fully saturated rings. The van der Waals surface area contributed by atoms with Gasteiger partial charge in [-0.15, -0.1) is 16.8 Å². The normalized spacial score (nSPS) is 16.4. The Labute approximate surface area is 119 Å².